The van der Waals surface area contributed by atoms with Gasteiger partial charge < -0.3 is 9.64 Å². The quantitative estimate of drug-likeness (QED) is 0.616. The number of piperidine rings is 1. The van der Waals surface area contributed by atoms with Crippen molar-refractivity contribution in [3.63, 3.8) is 0 Å². The van der Waals surface area contributed by atoms with E-state index >= 15 is 0 Å². The van der Waals surface area contributed by atoms with Crippen molar-refractivity contribution in [2.45, 2.75) is 19.8 Å². The van der Waals surface area contributed by atoms with Crippen LogP contribution in [0.4, 0.5) is 0 Å². The largest absolute Gasteiger partial charge is 0.466 e. The Morgan fingerprint density at radius 1 is 1.17 bits per heavy atom. The highest BCUT2D eigenvalue weighted by molar-refractivity contribution is 6.21. The van der Waals surface area contributed by atoms with Crippen LogP contribution < -0.4 is 4.90 Å². The molecule has 1 saturated heterocycles. The Balaban J connectivity index is 1.51. The number of hydrogen-bond donors (Lipinski definition) is 1. The van der Waals surface area contributed by atoms with Crippen LogP contribution in [0.25, 0.3) is 0 Å². The fourth-order valence-corrected chi connectivity index (χ4v) is 3.48. The van der Waals surface area contributed by atoms with Crippen molar-refractivity contribution in [3.8, 4) is 0 Å². The molecule has 1 aromatic rings. The Bertz CT molecular complexity index is 615. The molecule has 1 aromatic carbocycles. The molecular weight excluding hydrogens is 308 g/mol. The number of likely N-dealkylation sites (tertiary alicyclic amines) is 1. The van der Waals surface area contributed by atoms with Gasteiger partial charge in [-0.05, 0) is 19.1 Å². The van der Waals surface area contributed by atoms with Crippen LogP contribution >= 0.6 is 0 Å². The van der Waals surface area contributed by atoms with Gasteiger partial charge in [-0.15, -0.1) is 0 Å². The van der Waals surface area contributed by atoms with Crippen LogP contribution in [-0.2, 0) is 9.53 Å². The Hall–Kier alpha value is -2.21. The zero-order valence-electron chi connectivity index (χ0n) is 13.9. The molecule has 24 heavy (non-hydrogen) atoms. The van der Waals surface area contributed by atoms with Crippen molar-refractivity contribution >= 4 is 17.8 Å². The van der Waals surface area contributed by atoms with Gasteiger partial charge >= 0.3 is 5.97 Å². The highest BCUT2D eigenvalue weighted by Crippen LogP contribution is 2.21. The molecule has 1 fully saturated rings. The first-order chi connectivity index (χ1) is 11.6. The normalized spacial score (nSPS) is 23.3. The van der Waals surface area contributed by atoms with Crippen molar-refractivity contribution in [3.05, 3.63) is 35.4 Å². The van der Waals surface area contributed by atoms with Gasteiger partial charge in [0.2, 0.25) is 0 Å². The lowest BCUT2D eigenvalue weighted by molar-refractivity contribution is -0.905. The van der Waals surface area contributed by atoms with Gasteiger partial charge in [0.05, 0.1) is 49.8 Å². The van der Waals surface area contributed by atoms with E-state index in [1.165, 1.54) is 9.80 Å². The summed E-state index contributed by atoms with van der Waals surface area (Å²) >= 11 is 0. The molecular formula is C18H23N2O4+. The SMILES string of the molecule is CCOC(=O)C1CC[NH+](CCN2C(=O)c3ccccc3C2=O)CC1. The fraction of sp³-hybridized carbons (Fsp3) is 0.500. The predicted octanol–water partition coefficient (Wildman–Crippen LogP) is 0.141. The lowest BCUT2D eigenvalue weighted by atomic mass is 9.97. The van der Waals surface area contributed by atoms with E-state index in [2.05, 4.69) is 0 Å². The van der Waals surface area contributed by atoms with E-state index in [1.54, 1.807) is 24.3 Å². The molecule has 0 bridgehead atoms. The highest BCUT2D eigenvalue weighted by Gasteiger charge is 2.36. The first kappa shape index (κ1) is 16.6. The highest BCUT2D eigenvalue weighted by atomic mass is 16.5. The monoisotopic (exact) mass is 331 g/mol. The van der Waals surface area contributed by atoms with Crippen LogP contribution in [0, 0.1) is 5.92 Å². The van der Waals surface area contributed by atoms with Crippen LogP contribution in [0.15, 0.2) is 24.3 Å². The molecule has 0 aliphatic carbocycles. The molecule has 6 heteroatoms. The lowest BCUT2D eigenvalue weighted by Gasteiger charge is -2.29. The Kier molecular flexibility index (Phi) is 4.94. The van der Waals surface area contributed by atoms with Gasteiger partial charge in [0.15, 0.2) is 0 Å². The summed E-state index contributed by atoms with van der Waals surface area (Å²) in [6, 6.07) is 6.96. The summed E-state index contributed by atoms with van der Waals surface area (Å²) in [7, 11) is 0. The second kappa shape index (κ2) is 7.13. The third kappa shape index (κ3) is 3.19. The van der Waals surface area contributed by atoms with Gasteiger partial charge in [0, 0.05) is 12.8 Å². The summed E-state index contributed by atoms with van der Waals surface area (Å²) < 4.78 is 5.08. The number of amides is 2. The lowest BCUT2D eigenvalue weighted by Crippen LogP contribution is -3.13. The third-order valence-corrected chi connectivity index (χ3v) is 4.88. The van der Waals surface area contributed by atoms with Crippen LogP contribution in [0.5, 0.6) is 0 Å². The Morgan fingerprint density at radius 3 is 2.29 bits per heavy atom. The molecule has 2 aliphatic rings. The standard InChI is InChI=1S/C18H22N2O4/c1-2-24-18(23)13-7-9-19(10-8-13)11-12-20-16(21)14-5-3-4-6-15(14)17(20)22/h3-6,13H,2,7-12H2,1H3/p+1. The zero-order valence-corrected chi connectivity index (χ0v) is 13.9. The van der Waals surface area contributed by atoms with Crippen LogP contribution in [0.2, 0.25) is 0 Å². The number of nitrogens with zero attached hydrogens (tertiary/aromatic N) is 1. The minimum atomic E-state index is -0.198. The number of hydrogen-bond acceptors (Lipinski definition) is 4. The van der Waals surface area contributed by atoms with Crippen molar-refractivity contribution in [1.82, 2.24) is 4.90 Å². The summed E-state index contributed by atoms with van der Waals surface area (Å²) in [5.74, 6) is -0.502. The number of nitrogens with one attached hydrogen (secondary N) is 1. The van der Waals surface area contributed by atoms with Gasteiger partial charge in [-0.3, -0.25) is 19.3 Å². The molecule has 1 N–H and O–H groups in total. The molecule has 128 valence electrons. The minimum Gasteiger partial charge on any atom is -0.466 e. The molecule has 6 nitrogen and oxygen atoms in total. The molecule has 0 aromatic heterocycles. The second-order valence-corrected chi connectivity index (χ2v) is 6.33. The number of rotatable bonds is 5. The first-order valence-corrected chi connectivity index (χ1v) is 8.57. The molecule has 2 amide bonds. The molecule has 2 aliphatic heterocycles. The van der Waals surface area contributed by atoms with Gasteiger partial charge in [-0.25, -0.2) is 0 Å². The predicted molar refractivity (Wildman–Crippen MR) is 86.7 cm³/mol. The van der Waals surface area contributed by atoms with E-state index in [0.29, 0.717) is 24.3 Å². The number of carbonyl (C=O) groups is 3. The molecule has 0 saturated carbocycles. The zero-order chi connectivity index (χ0) is 17.1. The summed E-state index contributed by atoms with van der Waals surface area (Å²) in [6.45, 7) is 5.12. The van der Waals surface area contributed by atoms with E-state index in [4.69, 9.17) is 4.74 Å². The van der Waals surface area contributed by atoms with E-state index in [1.807, 2.05) is 6.92 Å². The van der Waals surface area contributed by atoms with Crippen molar-refractivity contribution < 1.29 is 24.0 Å². The van der Waals surface area contributed by atoms with Crippen molar-refractivity contribution in [2.24, 2.45) is 5.92 Å². The van der Waals surface area contributed by atoms with Gasteiger partial charge in [-0.2, -0.15) is 0 Å². The maximum atomic E-state index is 12.3. The number of benzene rings is 1. The maximum Gasteiger partial charge on any atom is 0.309 e. The van der Waals surface area contributed by atoms with Crippen molar-refractivity contribution in [1.29, 1.82) is 0 Å². The molecule has 0 unspecified atom stereocenters. The summed E-state index contributed by atoms with van der Waals surface area (Å²) in [6.07, 6.45) is 1.60. The Morgan fingerprint density at radius 2 is 1.75 bits per heavy atom. The number of carbonyl (C=O) groups excluding carboxylic acids is 3. The summed E-state index contributed by atoms with van der Waals surface area (Å²) in [4.78, 5) is 39.1. The first-order valence-electron chi connectivity index (χ1n) is 8.57. The van der Waals surface area contributed by atoms with E-state index in [9.17, 15) is 14.4 Å². The molecule has 0 radical (unpaired) electrons. The van der Waals surface area contributed by atoms with Crippen LogP contribution in [0.1, 0.15) is 40.5 Å². The average molecular weight is 331 g/mol. The topological polar surface area (TPSA) is 68.1 Å². The fourth-order valence-electron chi connectivity index (χ4n) is 3.48. The maximum absolute atomic E-state index is 12.3. The Labute approximate surface area is 141 Å². The summed E-state index contributed by atoms with van der Waals surface area (Å²) in [5.41, 5.74) is 0.997. The third-order valence-electron chi connectivity index (χ3n) is 4.88. The smallest absolute Gasteiger partial charge is 0.309 e. The number of ether oxygens (including phenoxy) is 1. The number of fused-ring (bicyclic) bond motifs is 1. The van der Waals surface area contributed by atoms with E-state index in [0.717, 1.165) is 32.5 Å². The number of quaternary nitrogens is 1. The van der Waals surface area contributed by atoms with E-state index in [-0.39, 0.29) is 23.7 Å². The minimum absolute atomic E-state index is 0.00648. The van der Waals surface area contributed by atoms with E-state index < -0.39 is 0 Å². The number of esters is 1. The van der Waals surface area contributed by atoms with Gasteiger partial charge in [-0.1, -0.05) is 12.1 Å². The average Bonchev–Trinajstić information content (AvgIpc) is 2.85. The second-order valence-electron chi connectivity index (χ2n) is 6.33. The number of imide groups is 1. The van der Waals surface area contributed by atoms with Crippen molar-refractivity contribution in [2.75, 3.05) is 32.8 Å². The molecule has 2 heterocycles. The molecule has 0 atom stereocenters. The summed E-state index contributed by atoms with van der Waals surface area (Å²) in [5, 5.41) is 0. The van der Waals surface area contributed by atoms with Crippen LogP contribution in [-0.4, -0.2) is 55.5 Å². The molecule has 0 spiro atoms. The van der Waals surface area contributed by atoms with Crippen LogP contribution in [0.3, 0.4) is 0 Å². The van der Waals surface area contributed by atoms with Gasteiger partial charge in [0.25, 0.3) is 11.8 Å². The van der Waals surface area contributed by atoms with Gasteiger partial charge in [0.1, 0.15) is 0 Å². The molecule has 3 rings (SSSR count).